The molecule has 0 spiro atoms. The van der Waals surface area contributed by atoms with Crippen molar-refractivity contribution in [2.75, 3.05) is 26.7 Å². The number of carbonyl (C=O) groups is 1. The van der Waals surface area contributed by atoms with Crippen molar-refractivity contribution in [3.8, 4) is 0 Å². The van der Waals surface area contributed by atoms with E-state index < -0.39 is 0 Å². The highest BCUT2D eigenvalue weighted by atomic mass is 19.1. The van der Waals surface area contributed by atoms with Crippen molar-refractivity contribution in [2.24, 2.45) is 0 Å². The molecular formula is C19H21FN2O. The summed E-state index contributed by atoms with van der Waals surface area (Å²) in [5.74, 6) is -0.245. The number of piperazine rings is 1. The lowest BCUT2D eigenvalue weighted by atomic mass is 10.0. The van der Waals surface area contributed by atoms with Gasteiger partial charge >= 0.3 is 0 Å². The third kappa shape index (κ3) is 3.77. The van der Waals surface area contributed by atoms with Gasteiger partial charge in [-0.05, 0) is 30.3 Å². The molecule has 23 heavy (non-hydrogen) atoms. The Hall–Kier alpha value is -2.20. The molecule has 2 aromatic rings. The van der Waals surface area contributed by atoms with Crippen LogP contribution in [0.5, 0.6) is 0 Å². The van der Waals surface area contributed by atoms with Crippen LogP contribution in [0.15, 0.2) is 54.6 Å². The molecule has 0 aromatic heterocycles. The highest BCUT2D eigenvalue weighted by molar-refractivity contribution is 5.79. The van der Waals surface area contributed by atoms with Gasteiger partial charge in [0.15, 0.2) is 0 Å². The fourth-order valence-electron chi connectivity index (χ4n) is 3.10. The molecule has 1 saturated heterocycles. The fraction of sp³-hybridized carbons (Fsp3) is 0.316. The van der Waals surface area contributed by atoms with E-state index in [-0.39, 0.29) is 24.2 Å². The van der Waals surface area contributed by atoms with Gasteiger partial charge in [-0.1, -0.05) is 42.5 Å². The summed E-state index contributed by atoms with van der Waals surface area (Å²) >= 11 is 0. The Morgan fingerprint density at radius 3 is 2.65 bits per heavy atom. The molecule has 4 heteroatoms. The Bertz CT molecular complexity index is 674. The molecule has 0 bridgehead atoms. The second-order valence-electron chi connectivity index (χ2n) is 6.08. The van der Waals surface area contributed by atoms with Gasteiger partial charge < -0.3 is 9.80 Å². The predicted octanol–water partition coefficient (Wildman–Crippen LogP) is 2.88. The van der Waals surface area contributed by atoms with Crippen molar-refractivity contribution in [3.05, 3.63) is 71.5 Å². The van der Waals surface area contributed by atoms with Gasteiger partial charge in [0, 0.05) is 19.6 Å². The minimum Gasteiger partial charge on any atom is -0.333 e. The Balaban J connectivity index is 1.79. The van der Waals surface area contributed by atoms with Crippen LogP contribution in [0.1, 0.15) is 17.2 Å². The van der Waals surface area contributed by atoms with Crippen LogP contribution in [-0.2, 0) is 11.2 Å². The van der Waals surface area contributed by atoms with Crippen LogP contribution in [0.25, 0.3) is 0 Å². The van der Waals surface area contributed by atoms with Gasteiger partial charge in [-0.2, -0.15) is 0 Å². The zero-order chi connectivity index (χ0) is 16.2. The van der Waals surface area contributed by atoms with E-state index in [9.17, 15) is 9.18 Å². The summed E-state index contributed by atoms with van der Waals surface area (Å²) in [5, 5.41) is 0. The van der Waals surface area contributed by atoms with Crippen molar-refractivity contribution in [1.82, 2.24) is 9.80 Å². The van der Waals surface area contributed by atoms with Gasteiger partial charge in [0.25, 0.3) is 0 Å². The van der Waals surface area contributed by atoms with E-state index in [2.05, 4.69) is 24.1 Å². The molecular weight excluding hydrogens is 291 g/mol. The van der Waals surface area contributed by atoms with E-state index in [1.165, 1.54) is 12.1 Å². The molecule has 0 N–H and O–H groups in total. The maximum atomic E-state index is 13.3. The SMILES string of the molecule is CN1CCN(C(=O)Cc2cccc(F)c2)[C@@H](c2ccccc2)C1. The number of amides is 1. The number of carbonyl (C=O) groups excluding carboxylic acids is 1. The largest absolute Gasteiger partial charge is 0.333 e. The van der Waals surface area contributed by atoms with Crippen LogP contribution >= 0.6 is 0 Å². The molecule has 1 fully saturated rings. The van der Waals surface area contributed by atoms with Crippen molar-refractivity contribution in [1.29, 1.82) is 0 Å². The second kappa shape index (κ2) is 6.92. The van der Waals surface area contributed by atoms with E-state index in [0.29, 0.717) is 6.54 Å². The molecule has 120 valence electrons. The molecule has 1 amide bonds. The summed E-state index contributed by atoms with van der Waals surface area (Å²) < 4.78 is 13.3. The Kier molecular flexibility index (Phi) is 4.72. The summed E-state index contributed by atoms with van der Waals surface area (Å²) in [6, 6.07) is 16.4. The first-order chi connectivity index (χ1) is 11.1. The zero-order valence-corrected chi connectivity index (χ0v) is 13.3. The summed E-state index contributed by atoms with van der Waals surface area (Å²) in [4.78, 5) is 16.9. The van der Waals surface area contributed by atoms with E-state index >= 15 is 0 Å². The predicted molar refractivity (Wildman–Crippen MR) is 88.5 cm³/mol. The van der Waals surface area contributed by atoms with Crippen LogP contribution in [0.2, 0.25) is 0 Å². The summed E-state index contributed by atoms with van der Waals surface area (Å²) in [5.41, 5.74) is 1.87. The number of halogens is 1. The van der Waals surface area contributed by atoms with Crippen LogP contribution in [0.4, 0.5) is 4.39 Å². The van der Waals surface area contributed by atoms with Gasteiger partial charge in [0.1, 0.15) is 5.82 Å². The maximum Gasteiger partial charge on any atom is 0.227 e. The molecule has 1 aliphatic rings. The molecule has 3 rings (SSSR count). The van der Waals surface area contributed by atoms with Gasteiger partial charge in [-0.15, -0.1) is 0 Å². The average Bonchev–Trinajstić information content (AvgIpc) is 2.55. The first-order valence-corrected chi connectivity index (χ1v) is 7.91. The molecule has 0 unspecified atom stereocenters. The van der Waals surface area contributed by atoms with Crippen molar-refractivity contribution < 1.29 is 9.18 Å². The van der Waals surface area contributed by atoms with Gasteiger partial charge in [0.05, 0.1) is 12.5 Å². The number of hydrogen-bond donors (Lipinski definition) is 0. The van der Waals surface area contributed by atoms with Gasteiger partial charge in [-0.3, -0.25) is 4.79 Å². The van der Waals surface area contributed by atoms with Crippen LogP contribution < -0.4 is 0 Å². The number of rotatable bonds is 3. The summed E-state index contributed by atoms with van der Waals surface area (Å²) in [6.07, 6.45) is 0.241. The zero-order valence-electron chi connectivity index (χ0n) is 13.3. The summed E-state index contributed by atoms with van der Waals surface area (Å²) in [6.45, 7) is 2.38. The second-order valence-corrected chi connectivity index (χ2v) is 6.08. The lowest BCUT2D eigenvalue weighted by molar-refractivity contribution is -0.135. The average molecular weight is 312 g/mol. The molecule has 1 heterocycles. The minimum atomic E-state index is -0.298. The molecule has 0 saturated carbocycles. The molecule has 0 aliphatic carbocycles. The number of nitrogens with zero attached hydrogens (tertiary/aromatic N) is 2. The van der Waals surface area contributed by atoms with Crippen molar-refractivity contribution in [2.45, 2.75) is 12.5 Å². The number of likely N-dealkylation sites (N-methyl/N-ethyl adjacent to an activating group) is 1. The standard InChI is InChI=1S/C19H21FN2O/c1-21-10-11-22(18(14-21)16-7-3-2-4-8-16)19(23)13-15-6-5-9-17(20)12-15/h2-9,12,18H,10-11,13-14H2,1H3/t18-/m1/s1. The smallest absolute Gasteiger partial charge is 0.227 e. The Morgan fingerprint density at radius 1 is 1.13 bits per heavy atom. The number of benzene rings is 2. The van der Waals surface area contributed by atoms with E-state index in [1.54, 1.807) is 12.1 Å². The maximum absolute atomic E-state index is 13.3. The lowest BCUT2D eigenvalue weighted by Gasteiger charge is -2.40. The van der Waals surface area contributed by atoms with Crippen LogP contribution in [0, 0.1) is 5.82 Å². The molecule has 2 aromatic carbocycles. The molecule has 3 nitrogen and oxygen atoms in total. The molecule has 1 aliphatic heterocycles. The Labute approximate surface area is 136 Å². The van der Waals surface area contributed by atoms with Gasteiger partial charge in [0.2, 0.25) is 5.91 Å². The fourth-order valence-corrected chi connectivity index (χ4v) is 3.10. The number of hydrogen-bond acceptors (Lipinski definition) is 2. The third-order valence-corrected chi connectivity index (χ3v) is 4.33. The third-order valence-electron chi connectivity index (χ3n) is 4.33. The van der Waals surface area contributed by atoms with Crippen molar-refractivity contribution in [3.63, 3.8) is 0 Å². The summed E-state index contributed by atoms with van der Waals surface area (Å²) in [7, 11) is 2.07. The normalized spacial score (nSPS) is 18.9. The van der Waals surface area contributed by atoms with Gasteiger partial charge in [-0.25, -0.2) is 4.39 Å². The highest BCUT2D eigenvalue weighted by Crippen LogP contribution is 2.25. The first-order valence-electron chi connectivity index (χ1n) is 7.91. The molecule has 1 atom stereocenters. The quantitative estimate of drug-likeness (QED) is 0.870. The van der Waals surface area contributed by atoms with E-state index in [4.69, 9.17) is 0 Å². The molecule has 0 radical (unpaired) electrons. The van der Waals surface area contributed by atoms with E-state index in [1.807, 2.05) is 23.1 Å². The highest BCUT2D eigenvalue weighted by Gasteiger charge is 2.29. The van der Waals surface area contributed by atoms with Crippen LogP contribution in [0.3, 0.4) is 0 Å². The first kappa shape index (κ1) is 15.7. The topological polar surface area (TPSA) is 23.6 Å². The Morgan fingerprint density at radius 2 is 1.91 bits per heavy atom. The van der Waals surface area contributed by atoms with E-state index in [0.717, 1.165) is 24.2 Å². The lowest BCUT2D eigenvalue weighted by Crippen LogP contribution is -2.49. The monoisotopic (exact) mass is 312 g/mol. The van der Waals surface area contributed by atoms with Crippen molar-refractivity contribution >= 4 is 5.91 Å². The van der Waals surface area contributed by atoms with Crippen LogP contribution in [-0.4, -0.2) is 42.4 Å². The minimum absolute atomic E-state index is 0.0519.